The maximum Gasteiger partial charge on any atom is 0.136 e. The number of fused-ring (bicyclic) bond motifs is 6. The van der Waals surface area contributed by atoms with E-state index in [0.717, 1.165) is 121 Å². The number of phenolic OH excluding ortho intramolecular Hbond substituents is 2. The molecule has 14 aromatic rings. The van der Waals surface area contributed by atoms with E-state index in [1.54, 1.807) is 59.6 Å². The van der Waals surface area contributed by atoms with Crippen molar-refractivity contribution in [3.8, 4) is 110 Å². The summed E-state index contributed by atoms with van der Waals surface area (Å²) < 4.78 is 12.3. The molecule has 95 heavy (non-hydrogen) atoms. The van der Waals surface area contributed by atoms with Crippen LogP contribution < -0.4 is 9.47 Å². The van der Waals surface area contributed by atoms with Gasteiger partial charge in [0.05, 0.1) is 59.1 Å². The molecular weight excluding hydrogens is 1250 g/mol. The Morgan fingerprint density at radius 2 is 0.516 bits per heavy atom. The van der Waals surface area contributed by atoms with Gasteiger partial charge >= 0.3 is 0 Å². The molecule has 0 bridgehead atoms. The molecule has 12 heteroatoms. The predicted molar refractivity (Wildman–Crippen MR) is 407 cm³/mol. The van der Waals surface area contributed by atoms with Gasteiger partial charge in [0, 0.05) is 85.6 Å². The number of benzene rings is 6. The molecule has 0 atom stereocenters. The van der Waals surface area contributed by atoms with Gasteiger partial charge in [-0.15, -0.1) is 45.3 Å². The van der Waals surface area contributed by atoms with Crippen LogP contribution in [0.2, 0.25) is 0 Å². The molecule has 0 saturated carbocycles. The van der Waals surface area contributed by atoms with Crippen molar-refractivity contribution in [2.24, 2.45) is 0 Å². The number of pyridine rings is 4. The van der Waals surface area contributed by atoms with Gasteiger partial charge < -0.3 is 19.7 Å². The van der Waals surface area contributed by atoms with Crippen LogP contribution in [0.15, 0.2) is 191 Å². The summed E-state index contributed by atoms with van der Waals surface area (Å²) in [6.45, 7) is 26.6. The molecule has 8 heterocycles. The Bertz CT molecular complexity index is 4840. The Labute approximate surface area is 574 Å². The maximum atomic E-state index is 11.6. The summed E-state index contributed by atoms with van der Waals surface area (Å²) in [6.07, 6.45) is 0. The fourth-order valence-electron chi connectivity index (χ4n) is 12.1. The summed E-state index contributed by atoms with van der Waals surface area (Å²) in [6, 6.07) is 58.8. The van der Waals surface area contributed by atoms with Gasteiger partial charge in [0.2, 0.25) is 0 Å². The molecule has 0 aliphatic carbocycles. The van der Waals surface area contributed by atoms with Crippen LogP contribution in [0.25, 0.3) is 130 Å². The highest BCUT2D eigenvalue weighted by Crippen LogP contribution is 2.49. The molecule has 8 nitrogen and oxygen atoms in total. The van der Waals surface area contributed by atoms with Crippen molar-refractivity contribution in [1.82, 2.24) is 19.9 Å². The van der Waals surface area contributed by atoms with Gasteiger partial charge in [-0.2, -0.15) is 0 Å². The Hall–Kier alpha value is -9.04. The number of thiophene rings is 4. The zero-order chi connectivity index (χ0) is 66.2. The predicted octanol–water partition coefficient (Wildman–Crippen LogP) is 24.4. The lowest BCUT2D eigenvalue weighted by molar-refractivity contribution is 0.417. The van der Waals surface area contributed by atoms with Crippen molar-refractivity contribution in [2.75, 3.05) is 14.2 Å². The second-order valence-electron chi connectivity index (χ2n) is 28.2. The van der Waals surface area contributed by atoms with Gasteiger partial charge in [-0.05, 0) is 162 Å². The Morgan fingerprint density at radius 1 is 0.295 bits per heavy atom. The molecule has 0 aliphatic rings. The standard InChI is InChI=1S/C42H40N2O2S2.C40H36N2O2S2.CH4/c1-41(2,3)27-21-29(39(45-7)31(23-27)35-11-9-19-47-35)33-17-15-25-13-14-26-16-18-34(44-38(26)37(25)43-33)30-22-28(42(4,5)6)24-32(40(30)46-8)36-12-10-20-48-36;1-39(2,3)25-19-27(37(43)29(21-25)33-9-7-17-45-33)31-15-13-23-11-12-24-14-16-32(42-36(24)35(23)41-31)28-20-26(40(4,5)6)22-30(38(28)44)34-10-8-18-46-34;/h9-24H,1-8H3;7-22,43-44H,1-6H3;1H4. The third kappa shape index (κ3) is 12.9. The second-order valence-corrected chi connectivity index (χ2v) is 32.0. The van der Waals surface area contributed by atoms with Crippen LogP contribution in [0.3, 0.4) is 0 Å². The van der Waals surface area contributed by atoms with E-state index in [-0.39, 0.29) is 40.6 Å². The van der Waals surface area contributed by atoms with E-state index in [1.165, 1.54) is 20.9 Å². The van der Waals surface area contributed by atoms with Gasteiger partial charge in [-0.1, -0.05) is 163 Å². The minimum atomic E-state index is -0.125. The molecule has 6 aromatic carbocycles. The minimum absolute atomic E-state index is 0. The number of aromatic nitrogens is 4. The van der Waals surface area contributed by atoms with E-state index < -0.39 is 0 Å². The van der Waals surface area contributed by atoms with Crippen LogP contribution in [0.1, 0.15) is 113 Å². The zero-order valence-corrected chi connectivity index (χ0v) is 58.9. The van der Waals surface area contributed by atoms with Crippen LogP contribution in [-0.2, 0) is 21.7 Å². The summed E-state index contributed by atoms with van der Waals surface area (Å²) in [5.41, 5.74) is 17.8. The number of nitrogens with zero attached hydrogens (tertiary/aromatic N) is 4. The Kier molecular flexibility index (Phi) is 17.8. The van der Waals surface area contributed by atoms with E-state index in [1.807, 2.05) is 59.3 Å². The third-order valence-electron chi connectivity index (χ3n) is 17.6. The SMILES string of the molecule is C.CC(C)(C)c1cc(-c2ccc3ccc4ccc(-c5cc(C(C)(C)C)cc(-c6cccs6)c5O)nc4c3n2)c(O)c(-c2cccs2)c1.COc1c(-c2ccc3ccc4ccc(-c5cc(C(C)(C)C)cc(-c6cccs6)c5OC)nc4c3n2)cc(C(C)(C)C)cc1-c1cccs1. The molecule has 0 aliphatic heterocycles. The van der Waals surface area contributed by atoms with E-state index in [2.05, 4.69) is 215 Å². The van der Waals surface area contributed by atoms with Gasteiger partial charge in [0.25, 0.3) is 0 Å². The molecule has 0 spiro atoms. The number of rotatable bonds is 10. The number of hydrogen-bond donors (Lipinski definition) is 2. The van der Waals surface area contributed by atoms with Crippen LogP contribution in [0.4, 0.5) is 0 Å². The van der Waals surface area contributed by atoms with Crippen LogP contribution in [-0.4, -0.2) is 44.4 Å². The van der Waals surface area contributed by atoms with Crippen molar-refractivity contribution >= 4 is 89.0 Å². The lowest BCUT2D eigenvalue weighted by atomic mass is 9.84. The monoisotopic (exact) mass is 1320 g/mol. The first-order chi connectivity index (χ1) is 44.8. The molecule has 480 valence electrons. The number of methoxy groups -OCH3 is 2. The zero-order valence-electron chi connectivity index (χ0n) is 55.6. The molecule has 0 unspecified atom stereocenters. The molecule has 0 amide bonds. The molecule has 2 N–H and O–H groups in total. The Balaban J connectivity index is 0.000000180. The van der Waals surface area contributed by atoms with E-state index in [9.17, 15) is 10.2 Å². The second kappa shape index (κ2) is 25.6. The largest absolute Gasteiger partial charge is 0.507 e. The van der Waals surface area contributed by atoms with Crippen LogP contribution >= 0.6 is 45.3 Å². The van der Waals surface area contributed by atoms with Crippen molar-refractivity contribution in [3.05, 3.63) is 214 Å². The normalized spacial score (nSPS) is 12.1. The summed E-state index contributed by atoms with van der Waals surface area (Å²) in [5, 5.41) is 35.5. The number of ether oxygens (including phenoxy) is 2. The molecule has 8 aromatic heterocycles. The summed E-state index contributed by atoms with van der Waals surface area (Å²) >= 11 is 6.66. The summed E-state index contributed by atoms with van der Waals surface area (Å²) in [7, 11) is 3.50. The van der Waals surface area contributed by atoms with Gasteiger partial charge in [0.15, 0.2) is 0 Å². The van der Waals surface area contributed by atoms with Gasteiger partial charge in [0.1, 0.15) is 23.0 Å². The quantitative estimate of drug-likeness (QED) is 0.130. The van der Waals surface area contributed by atoms with E-state index >= 15 is 0 Å². The Morgan fingerprint density at radius 3 is 0.758 bits per heavy atom. The smallest absolute Gasteiger partial charge is 0.136 e. The molecule has 0 radical (unpaired) electrons. The lowest BCUT2D eigenvalue weighted by Crippen LogP contribution is -2.12. The van der Waals surface area contributed by atoms with Crippen molar-refractivity contribution in [3.63, 3.8) is 0 Å². The average Bonchev–Trinajstić information content (AvgIpc) is 0.882. The lowest BCUT2D eigenvalue weighted by Gasteiger charge is -2.23. The minimum Gasteiger partial charge on any atom is -0.507 e. The van der Waals surface area contributed by atoms with Crippen molar-refractivity contribution in [1.29, 1.82) is 0 Å². The van der Waals surface area contributed by atoms with Gasteiger partial charge in [-0.25, -0.2) is 19.9 Å². The molecule has 0 saturated heterocycles. The van der Waals surface area contributed by atoms with E-state index in [0.29, 0.717) is 22.5 Å². The van der Waals surface area contributed by atoms with E-state index in [4.69, 9.17) is 29.4 Å². The highest BCUT2D eigenvalue weighted by Gasteiger charge is 2.28. The highest BCUT2D eigenvalue weighted by atomic mass is 32.1. The number of phenols is 2. The summed E-state index contributed by atoms with van der Waals surface area (Å²) in [4.78, 5) is 25.4. The van der Waals surface area contributed by atoms with Crippen molar-refractivity contribution in [2.45, 2.75) is 112 Å². The van der Waals surface area contributed by atoms with Crippen LogP contribution in [0, 0.1) is 0 Å². The third-order valence-corrected chi connectivity index (χ3v) is 21.2. The molecular formula is C83H80N4O4S4. The number of hydrogen-bond acceptors (Lipinski definition) is 12. The first-order valence-corrected chi connectivity index (χ1v) is 35.1. The highest BCUT2D eigenvalue weighted by molar-refractivity contribution is 7.14. The molecule has 0 fully saturated rings. The molecule has 14 rings (SSSR count). The summed E-state index contributed by atoms with van der Waals surface area (Å²) in [5.74, 6) is 2.11. The van der Waals surface area contributed by atoms with Crippen molar-refractivity contribution < 1.29 is 19.7 Å². The van der Waals surface area contributed by atoms with Gasteiger partial charge in [-0.3, -0.25) is 0 Å². The fraction of sp³-hybridized carbons (Fsp3) is 0.229. The topological polar surface area (TPSA) is 110 Å². The first-order valence-electron chi connectivity index (χ1n) is 31.6. The van der Waals surface area contributed by atoms with Crippen LogP contribution in [0.5, 0.6) is 23.0 Å². The fourth-order valence-corrected chi connectivity index (χ4v) is 15.0. The first kappa shape index (κ1) is 66.0. The average molecular weight is 1330 g/mol. The number of aromatic hydroxyl groups is 2. The maximum absolute atomic E-state index is 11.6.